The Balaban J connectivity index is 2.82. The molecule has 0 bridgehead atoms. The summed E-state index contributed by atoms with van der Waals surface area (Å²) in [6.07, 6.45) is -0.526. The van der Waals surface area contributed by atoms with Crippen LogP contribution in [-0.4, -0.2) is 35.8 Å². The molecule has 0 aliphatic heterocycles. The van der Waals surface area contributed by atoms with E-state index in [0.717, 1.165) is 0 Å². The van der Waals surface area contributed by atoms with Crippen molar-refractivity contribution in [3.63, 3.8) is 0 Å². The molecule has 0 aromatic heterocycles. The number of hydrogen-bond acceptors (Lipinski definition) is 4. The number of aliphatic hydroxyl groups excluding tert-OH is 2. The highest BCUT2D eigenvalue weighted by molar-refractivity contribution is 6.33. The van der Waals surface area contributed by atoms with Crippen LogP contribution in [0, 0.1) is 5.82 Å². The molecular formula is C10H11ClFNO3. The van der Waals surface area contributed by atoms with E-state index in [9.17, 15) is 9.18 Å². The Kier molecular flexibility index (Phi) is 4.67. The van der Waals surface area contributed by atoms with E-state index in [1.165, 1.54) is 12.1 Å². The maximum atomic E-state index is 13.5. The van der Waals surface area contributed by atoms with Crippen molar-refractivity contribution in [1.29, 1.82) is 0 Å². The van der Waals surface area contributed by atoms with Gasteiger partial charge in [0, 0.05) is 12.1 Å². The van der Waals surface area contributed by atoms with Crippen LogP contribution in [0.4, 0.5) is 10.1 Å². The van der Waals surface area contributed by atoms with Crippen LogP contribution in [0.15, 0.2) is 12.1 Å². The summed E-state index contributed by atoms with van der Waals surface area (Å²) < 4.78 is 13.5. The van der Waals surface area contributed by atoms with E-state index in [2.05, 4.69) is 5.32 Å². The van der Waals surface area contributed by atoms with E-state index in [-0.39, 0.29) is 22.8 Å². The lowest BCUT2D eigenvalue weighted by molar-refractivity contribution is 0.105. The average Bonchev–Trinajstić information content (AvgIpc) is 2.30. The standard InChI is InChI=1S/C10H11ClFNO3/c11-9-6(4-14)1-2-8(10(9)12)13-3-7(16)5-15/h1-2,4,7,13,15-16H,3,5H2. The summed E-state index contributed by atoms with van der Waals surface area (Å²) in [5.41, 5.74) is 0.135. The van der Waals surface area contributed by atoms with Gasteiger partial charge in [0.25, 0.3) is 0 Å². The summed E-state index contributed by atoms with van der Waals surface area (Å²) >= 11 is 5.59. The zero-order chi connectivity index (χ0) is 12.1. The maximum Gasteiger partial charge on any atom is 0.165 e. The molecule has 1 aromatic rings. The number of aliphatic hydroxyl groups is 2. The lowest BCUT2D eigenvalue weighted by atomic mass is 10.2. The molecule has 0 aliphatic rings. The Hall–Kier alpha value is -1.17. The van der Waals surface area contributed by atoms with Gasteiger partial charge in [-0.3, -0.25) is 4.79 Å². The first-order chi connectivity index (χ1) is 7.60. The van der Waals surface area contributed by atoms with Gasteiger partial charge in [0.1, 0.15) is 0 Å². The van der Waals surface area contributed by atoms with Gasteiger partial charge >= 0.3 is 0 Å². The lowest BCUT2D eigenvalue weighted by Crippen LogP contribution is -2.23. The molecular weight excluding hydrogens is 237 g/mol. The highest BCUT2D eigenvalue weighted by Gasteiger charge is 2.11. The van der Waals surface area contributed by atoms with Crippen LogP contribution in [0.25, 0.3) is 0 Å². The van der Waals surface area contributed by atoms with Crippen molar-refractivity contribution in [3.05, 3.63) is 28.5 Å². The van der Waals surface area contributed by atoms with E-state index in [4.69, 9.17) is 21.8 Å². The van der Waals surface area contributed by atoms with Gasteiger partial charge in [-0.15, -0.1) is 0 Å². The molecule has 3 N–H and O–H groups in total. The maximum absolute atomic E-state index is 13.5. The second-order valence-electron chi connectivity index (χ2n) is 3.17. The molecule has 1 rings (SSSR count). The fraction of sp³-hybridized carbons (Fsp3) is 0.300. The zero-order valence-corrected chi connectivity index (χ0v) is 9.04. The van der Waals surface area contributed by atoms with Crippen molar-refractivity contribution in [2.75, 3.05) is 18.5 Å². The number of carbonyl (C=O) groups excluding carboxylic acids is 1. The molecule has 0 heterocycles. The summed E-state index contributed by atoms with van der Waals surface area (Å²) in [6.45, 7) is -0.432. The van der Waals surface area contributed by atoms with Crippen LogP contribution in [0.5, 0.6) is 0 Å². The molecule has 0 aliphatic carbocycles. The smallest absolute Gasteiger partial charge is 0.165 e. The largest absolute Gasteiger partial charge is 0.394 e. The first kappa shape index (κ1) is 12.9. The van der Waals surface area contributed by atoms with E-state index in [1.54, 1.807) is 0 Å². The highest BCUT2D eigenvalue weighted by atomic mass is 35.5. The number of hydrogen-bond donors (Lipinski definition) is 3. The van der Waals surface area contributed by atoms with Gasteiger partial charge in [-0.25, -0.2) is 4.39 Å². The number of nitrogens with one attached hydrogen (secondary N) is 1. The summed E-state index contributed by atoms with van der Waals surface area (Å²) in [5, 5.41) is 19.9. The third-order valence-electron chi connectivity index (χ3n) is 1.98. The topological polar surface area (TPSA) is 69.6 Å². The molecule has 1 atom stereocenters. The van der Waals surface area contributed by atoms with Crippen LogP contribution in [0.1, 0.15) is 10.4 Å². The monoisotopic (exact) mass is 247 g/mol. The van der Waals surface area contributed by atoms with Crippen LogP contribution in [-0.2, 0) is 0 Å². The minimum Gasteiger partial charge on any atom is -0.394 e. The quantitative estimate of drug-likeness (QED) is 0.681. The minimum absolute atomic E-state index is 0.00974. The van der Waals surface area contributed by atoms with E-state index >= 15 is 0 Å². The van der Waals surface area contributed by atoms with E-state index in [0.29, 0.717) is 6.29 Å². The zero-order valence-electron chi connectivity index (χ0n) is 8.28. The number of rotatable bonds is 5. The minimum atomic E-state index is -0.982. The predicted molar refractivity (Wildman–Crippen MR) is 58.4 cm³/mol. The first-order valence-corrected chi connectivity index (χ1v) is 4.94. The van der Waals surface area contributed by atoms with Crippen molar-refractivity contribution in [2.45, 2.75) is 6.10 Å². The Morgan fingerprint density at radius 2 is 2.25 bits per heavy atom. The Morgan fingerprint density at radius 1 is 1.56 bits per heavy atom. The van der Waals surface area contributed by atoms with Gasteiger partial charge in [0.15, 0.2) is 12.1 Å². The fourth-order valence-corrected chi connectivity index (χ4v) is 1.29. The first-order valence-electron chi connectivity index (χ1n) is 4.56. The second-order valence-corrected chi connectivity index (χ2v) is 3.54. The normalized spacial score (nSPS) is 12.2. The number of benzene rings is 1. The number of anilines is 1. The molecule has 1 aromatic carbocycles. The van der Waals surface area contributed by atoms with Crippen LogP contribution < -0.4 is 5.32 Å². The van der Waals surface area contributed by atoms with Crippen molar-refractivity contribution in [3.8, 4) is 0 Å². The fourth-order valence-electron chi connectivity index (χ4n) is 1.08. The van der Waals surface area contributed by atoms with E-state index in [1.807, 2.05) is 0 Å². The Bertz CT molecular complexity index is 387. The van der Waals surface area contributed by atoms with Crippen molar-refractivity contribution in [2.24, 2.45) is 0 Å². The Morgan fingerprint density at radius 3 is 2.81 bits per heavy atom. The van der Waals surface area contributed by atoms with Gasteiger partial charge in [-0.1, -0.05) is 11.6 Å². The molecule has 6 heteroatoms. The van der Waals surface area contributed by atoms with Gasteiger partial charge in [-0.05, 0) is 12.1 Å². The Labute approximate surface area is 96.7 Å². The van der Waals surface area contributed by atoms with Crippen LogP contribution in [0.2, 0.25) is 5.02 Å². The number of halogens is 2. The van der Waals surface area contributed by atoms with Crippen molar-refractivity contribution in [1.82, 2.24) is 0 Å². The second kappa shape index (κ2) is 5.79. The van der Waals surface area contributed by atoms with Crippen molar-refractivity contribution >= 4 is 23.6 Å². The number of aldehydes is 1. The summed E-state index contributed by atoms with van der Waals surface area (Å²) in [5.74, 6) is -0.753. The number of carbonyl (C=O) groups is 1. The molecule has 0 amide bonds. The molecule has 88 valence electrons. The molecule has 16 heavy (non-hydrogen) atoms. The summed E-state index contributed by atoms with van der Waals surface area (Å²) in [7, 11) is 0. The van der Waals surface area contributed by atoms with Crippen LogP contribution in [0.3, 0.4) is 0 Å². The lowest BCUT2D eigenvalue weighted by Gasteiger charge is -2.12. The highest BCUT2D eigenvalue weighted by Crippen LogP contribution is 2.25. The summed E-state index contributed by atoms with van der Waals surface area (Å²) in [6, 6.07) is 2.71. The SMILES string of the molecule is O=Cc1ccc(NCC(O)CO)c(F)c1Cl. The van der Waals surface area contributed by atoms with Gasteiger partial charge < -0.3 is 15.5 Å². The third-order valence-corrected chi connectivity index (χ3v) is 2.36. The molecule has 0 fully saturated rings. The van der Waals surface area contributed by atoms with Crippen LogP contribution >= 0.6 is 11.6 Å². The molecule has 4 nitrogen and oxygen atoms in total. The predicted octanol–water partition coefficient (Wildman–Crippen LogP) is 1.06. The van der Waals surface area contributed by atoms with Gasteiger partial charge in [0.2, 0.25) is 0 Å². The van der Waals surface area contributed by atoms with Gasteiger partial charge in [-0.2, -0.15) is 0 Å². The molecule has 0 radical (unpaired) electrons. The van der Waals surface area contributed by atoms with Crippen molar-refractivity contribution < 1.29 is 19.4 Å². The van der Waals surface area contributed by atoms with E-state index < -0.39 is 18.5 Å². The molecule has 0 saturated heterocycles. The van der Waals surface area contributed by atoms with Gasteiger partial charge in [0.05, 0.1) is 23.4 Å². The summed E-state index contributed by atoms with van der Waals surface area (Å²) in [4.78, 5) is 10.5. The molecule has 0 spiro atoms. The average molecular weight is 248 g/mol. The third kappa shape index (κ3) is 2.91. The molecule has 0 saturated carbocycles. The molecule has 1 unspecified atom stereocenters.